The van der Waals surface area contributed by atoms with E-state index in [1.165, 1.54) is 25.0 Å². The molecule has 0 aliphatic heterocycles. The molecular weight excluding hydrogens is 188 g/mol. The summed E-state index contributed by atoms with van der Waals surface area (Å²) >= 11 is 0. The fourth-order valence-corrected chi connectivity index (χ4v) is 1.73. The molecule has 0 aliphatic rings. The molecule has 1 aromatic heterocycles. The Morgan fingerprint density at radius 1 is 1.20 bits per heavy atom. The Morgan fingerprint density at radius 3 is 2.60 bits per heavy atom. The van der Waals surface area contributed by atoms with Crippen molar-refractivity contribution >= 4 is 0 Å². The standard InChI is InChI=1S/C11H22N4/c1-3-5-6-8-15-11(7-4-2)10(9-12)13-14-15/h3-9,12H2,1-2H3. The lowest BCUT2D eigenvalue weighted by molar-refractivity contribution is 0.518. The van der Waals surface area contributed by atoms with Crippen molar-refractivity contribution in [1.82, 2.24) is 15.0 Å². The van der Waals surface area contributed by atoms with Gasteiger partial charge in [-0.05, 0) is 12.8 Å². The van der Waals surface area contributed by atoms with Crippen molar-refractivity contribution in [1.29, 1.82) is 0 Å². The van der Waals surface area contributed by atoms with Gasteiger partial charge in [-0.15, -0.1) is 5.10 Å². The second-order valence-electron chi connectivity index (χ2n) is 3.87. The van der Waals surface area contributed by atoms with Gasteiger partial charge in [-0.1, -0.05) is 38.3 Å². The van der Waals surface area contributed by atoms with E-state index >= 15 is 0 Å². The van der Waals surface area contributed by atoms with Gasteiger partial charge < -0.3 is 5.73 Å². The minimum Gasteiger partial charge on any atom is -0.325 e. The van der Waals surface area contributed by atoms with E-state index in [0.29, 0.717) is 6.54 Å². The summed E-state index contributed by atoms with van der Waals surface area (Å²) in [7, 11) is 0. The van der Waals surface area contributed by atoms with Gasteiger partial charge in [0.05, 0.1) is 11.4 Å². The summed E-state index contributed by atoms with van der Waals surface area (Å²) in [4.78, 5) is 0. The topological polar surface area (TPSA) is 56.7 Å². The SMILES string of the molecule is CCCCCn1nnc(CN)c1CCC. The first-order chi connectivity index (χ1) is 7.33. The van der Waals surface area contributed by atoms with Crippen molar-refractivity contribution in [2.24, 2.45) is 5.73 Å². The van der Waals surface area contributed by atoms with Crippen LogP contribution in [-0.4, -0.2) is 15.0 Å². The van der Waals surface area contributed by atoms with E-state index in [9.17, 15) is 0 Å². The van der Waals surface area contributed by atoms with Crippen molar-refractivity contribution in [3.63, 3.8) is 0 Å². The van der Waals surface area contributed by atoms with Gasteiger partial charge in [0.2, 0.25) is 0 Å². The molecular formula is C11H22N4. The number of aromatic nitrogens is 3. The first-order valence-corrected chi connectivity index (χ1v) is 5.94. The van der Waals surface area contributed by atoms with Gasteiger partial charge in [0.25, 0.3) is 0 Å². The molecule has 0 radical (unpaired) electrons. The summed E-state index contributed by atoms with van der Waals surface area (Å²) < 4.78 is 2.03. The number of nitrogens with two attached hydrogens (primary N) is 1. The molecule has 2 N–H and O–H groups in total. The second kappa shape index (κ2) is 6.56. The molecule has 0 aliphatic carbocycles. The van der Waals surface area contributed by atoms with Crippen molar-refractivity contribution in [3.8, 4) is 0 Å². The van der Waals surface area contributed by atoms with Crippen molar-refractivity contribution in [2.75, 3.05) is 0 Å². The van der Waals surface area contributed by atoms with Gasteiger partial charge in [-0.3, -0.25) is 0 Å². The van der Waals surface area contributed by atoms with Crippen LogP contribution in [0.15, 0.2) is 0 Å². The van der Waals surface area contributed by atoms with Crippen LogP contribution in [0.4, 0.5) is 0 Å². The van der Waals surface area contributed by atoms with Gasteiger partial charge in [0.15, 0.2) is 0 Å². The third-order valence-electron chi connectivity index (χ3n) is 2.57. The summed E-state index contributed by atoms with van der Waals surface area (Å²) in [5, 5.41) is 8.28. The van der Waals surface area contributed by atoms with Gasteiger partial charge in [0.1, 0.15) is 0 Å². The number of hydrogen-bond acceptors (Lipinski definition) is 3. The van der Waals surface area contributed by atoms with E-state index in [0.717, 1.165) is 25.1 Å². The number of rotatable bonds is 7. The fourth-order valence-electron chi connectivity index (χ4n) is 1.73. The molecule has 1 aromatic rings. The highest BCUT2D eigenvalue weighted by atomic mass is 15.4. The lowest BCUT2D eigenvalue weighted by atomic mass is 10.2. The van der Waals surface area contributed by atoms with E-state index in [1.807, 2.05) is 4.68 Å². The van der Waals surface area contributed by atoms with Crippen LogP contribution in [0.1, 0.15) is 50.9 Å². The molecule has 0 saturated heterocycles. The summed E-state index contributed by atoms with van der Waals surface area (Å²) in [5.41, 5.74) is 7.83. The van der Waals surface area contributed by atoms with Crippen LogP contribution in [0.3, 0.4) is 0 Å². The summed E-state index contributed by atoms with van der Waals surface area (Å²) in [6.07, 6.45) is 5.82. The van der Waals surface area contributed by atoms with Gasteiger partial charge in [0, 0.05) is 13.1 Å². The molecule has 0 saturated carbocycles. The normalized spacial score (nSPS) is 10.9. The van der Waals surface area contributed by atoms with Crippen molar-refractivity contribution < 1.29 is 0 Å². The zero-order valence-electron chi connectivity index (χ0n) is 9.87. The highest BCUT2D eigenvalue weighted by molar-refractivity contribution is 5.09. The quantitative estimate of drug-likeness (QED) is 0.699. The largest absolute Gasteiger partial charge is 0.325 e. The van der Waals surface area contributed by atoms with Crippen LogP contribution in [0.25, 0.3) is 0 Å². The van der Waals surface area contributed by atoms with E-state index in [-0.39, 0.29) is 0 Å². The summed E-state index contributed by atoms with van der Waals surface area (Å²) in [5.74, 6) is 0. The van der Waals surface area contributed by atoms with Gasteiger partial charge in [-0.25, -0.2) is 4.68 Å². The minimum atomic E-state index is 0.503. The number of unbranched alkanes of at least 4 members (excludes halogenated alkanes) is 2. The van der Waals surface area contributed by atoms with Crippen LogP contribution < -0.4 is 5.73 Å². The Hall–Kier alpha value is -0.900. The van der Waals surface area contributed by atoms with Crippen LogP contribution in [0.5, 0.6) is 0 Å². The number of hydrogen-bond donors (Lipinski definition) is 1. The predicted octanol–water partition coefficient (Wildman–Crippen LogP) is 1.88. The van der Waals surface area contributed by atoms with Crippen LogP contribution in [0.2, 0.25) is 0 Å². The summed E-state index contributed by atoms with van der Waals surface area (Å²) in [6.45, 7) is 5.86. The zero-order valence-corrected chi connectivity index (χ0v) is 9.87. The van der Waals surface area contributed by atoms with Gasteiger partial charge >= 0.3 is 0 Å². The monoisotopic (exact) mass is 210 g/mol. The fraction of sp³-hybridized carbons (Fsp3) is 0.818. The number of nitrogens with zero attached hydrogens (tertiary/aromatic N) is 3. The van der Waals surface area contributed by atoms with Crippen molar-refractivity contribution in [2.45, 2.75) is 59.0 Å². The third kappa shape index (κ3) is 3.30. The first-order valence-electron chi connectivity index (χ1n) is 5.94. The van der Waals surface area contributed by atoms with Crippen LogP contribution in [-0.2, 0) is 19.5 Å². The Balaban J connectivity index is 2.64. The zero-order chi connectivity index (χ0) is 11.1. The maximum Gasteiger partial charge on any atom is 0.0994 e. The molecule has 0 bridgehead atoms. The Kier molecular flexibility index (Phi) is 5.32. The third-order valence-corrected chi connectivity index (χ3v) is 2.57. The lowest BCUT2D eigenvalue weighted by Gasteiger charge is -2.05. The van der Waals surface area contributed by atoms with E-state index < -0.39 is 0 Å². The molecule has 4 nitrogen and oxygen atoms in total. The molecule has 0 aromatic carbocycles. The summed E-state index contributed by atoms with van der Waals surface area (Å²) in [6, 6.07) is 0. The number of aryl methyl sites for hydroxylation is 1. The van der Waals surface area contributed by atoms with Crippen LogP contribution >= 0.6 is 0 Å². The molecule has 0 spiro atoms. The average Bonchev–Trinajstić information content (AvgIpc) is 2.62. The van der Waals surface area contributed by atoms with E-state index in [1.54, 1.807) is 0 Å². The molecule has 0 amide bonds. The lowest BCUT2D eigenvalue weighted by Crippen LogP contribution is -2.08. The molecule has 15 heavy (non-hydrogen) atoms. The average molecular weight is 210 g/mol. The van der Waals surface area contributed by atoms with Crippen molar-refractivity contribution in [3.05, 3.63) is 11.4 Å². The maximum absolute atomic E-state index is 5.63. The molecule has 1 heterocycles. The first kappa shape index (κ1) is 12.2. The molecule has 0 atom stereocenters. The van der Waals surface area contributed by atoms with E-state index in [2.05, 4.69) is 24.2 Å². The molecule has 1 rings (SSSR count). The van der Waals surface area contributed by atoms with Crippen LogP contribution in [0, 0.1) is 0 Å². The molecule has 0 unspecified atom stereocenters. The molecule has 4 heteroatoms. The van der Waals surface area contributed by atoms with E-state index in [4.69, 9.17) is 5.73 Å². The minimum absolute atomic E-state index is 0.503. The highest BCUT2D eigenvalue weighted by Crippen LogP contribution is 2.09. The second-order valence-corrected chi connectivity index (χ2v) is 3.87. The van der Waals surface area contributed by atoms with Gasteiger partial charge in [-0.2, -0.15) is 0 Å². The molecule has 86 valence electrons. The Bertz CT molecular complexity index is 280. The molecule has 0 fully saturated rings. The highest BCUT2D eigenvalue weighted by Gasteiger charge is 2.09. The Labute approximate surface area is 91.9 Å². The Morgan fingerprint density at radius 2 is 2.00 bits per heavy atom. The smallest absolute Gasteiger partial charge is 0.0994 e. The maximum atomic E-state index is 5.63. The predicted molar refractivity (Wildman–Crippen MR) is 61.4 cm³/mol.